The smallest absolute Gasteiger partial charge is 0.223 e. The van der Waals surface area contributed by atoms with Gasteiger partial charge in [-0.05, 0) is 38.0 Å². The molecule has 2 unspecified atom stereocenters. The van der Waals surface area contributed by atoms with Crippen LogP contribution in [0.25, 0.3) is 0 Å². The van der Waals surface area contributed by atoms with Crippen LogP contribution in [-0.4, -0.2) is 18.5 Å². The molecule has 3 N–H and O–H groups in total. The van der Waals surface area contributed by atoms with E-state index >= 15 is 0 Å². The molecule has 2 saturated carbocycles. The van der Waals surface area contributed by atoms with Gasteiger partial charge in [0.25, 0.3) is 0 Å². The largest absolute Gasteiger partial charge is 0.356 e. The quantitative estimate of drug-likeness (QED) is 0.708. The zero-order valence-electron chi connectivity index (χ0n) is 8.67. The summed E-state index contributed by atoms with van der Waals surface area (Å²) in [6, 6.07) is 0.250. The van der Waals surface area contributed by atoms with Crippen molar-refractivity contribution in [1.29, 1.82) is 0 Å². The molecule has 14 heavy (non-hydrogen) atoms. The van der Waals surface area contributed by atoms with Crippen molar-refractivity contribution < 1.29 is 4.79 Å². The van der Waals surface area contributed by atoms with Gasteiger partial charge in [0.2, 0.25) is 5.91 Å². The lowest BCUT2D eigenvalue weighted by Gasteiger charge is -2.25. The molecule has 2 atom stereocenters. The molecule has 0 aromatic heterocycles. The van der Waals surface area contributed by atoms with Crippen LogP contribution < -0.4 is 11.1 Å². The van der Waals surface area contributed by atoms with Crippen molar-refractivity contribution in [2.45, 2.75) is 44.6 Å². The lowest BCUT2D eigenvalue weighted by Crippen LogP contribution is -2.38. The van der Waals surface area contributed by atoms with Crippen molar-refractivity contribution in [3.8, 4) is 0 Å². The highest BCUT2D eigenvalue weighted by Gasteiger charge is 2.27. The van der Waals surface area contributed by atoms with E-state index in [1.54, 1.807) is 0 Å². The van der Waals surface area contributed by atoms with Gasteiger partial charge < -0.3 is 11.1 Å². The Balaban J connectivity index is 1.71. The van der Waals surface area contributed by atoms with E-state index in [-0.39, 0.29) is 17.9 Å². The standard InChI is InChI=1S/C11H20N2O/c12-10-3-1-2-9(6-10)11(14)13-7-8-4-5-8/h8-10H,1-7,12H2,(H,13,14). The van der Waals surface area contributed by atoms with Gasteiger partial charge in [-0.25, -0.2) is 0 Å². The van der Waals surface area contributed by atoms with E-state index in [2.05, 4.69) is 5.32 Å². The van der Waals surface area contributed by atoms with Crippen LogP contribution in [-0.2, 0) is 4.79 Å². The van der Waals surface area contributed by atoms with Crippen LogP contribution in [0.5, 0.6) is 0 Å². The van der Waals surface area contributed by atoms with E-state index in [0.29, 0.717) is 0 Å². The summed E-state index contributed by atoms with van der Waals surface area (Å²) in [6.07, 6.45) is 6.71. The predicted molar refractivity (Wildman–Crippen MR) is 55.7 cm³/mol. The van der Waals surface area contributed by atoms with E-state index in [9.17, 15) is 4.79 Å². The third-order valence-electron chi connectivity index (χ3n) is 3.35. The summed E-state index contributed by atoms with van der Waals surface area (Å²) < 4.78 is 0. The lowest BCUT2D eigenvalue weighted by atomic mass is 9.85. The van der Waals surface area contributed by atoms with Crippen LogP contribution in [0.1, 0.15) is 38.5 Å². The predicted octanol–water partition coefficient (Wildman–Crippen LogP) is 1.03. The minimum absolute atomic E-state index is 0.192. The Kier molecular flexibility index (Phi) is 3.06. The molecule has 0 saturated heterocycles. The maximum Gasteiger partial charge on any atom is 0.223 e. The number of amides is 1. The number of carbonyl (C=O) groups is 1. The van der Waals surface area contributed by atoms with Gasteiger partial charge in [-0.1, -0.05) is 6.42 Å². The van der Waals surface area contributed by atoms with Crippen molar-refractivity contribution in [3.05, 3.63) is 0 Å². The van der Waals surface area contributed by atoms with Crippen molar-refractivity contribution in [1.82, 2.24) is 5.32 Å². The minimum Gasteiger partial charge on any atom is -0.356 e. The van der Waals surface area contributed by atoms with Crippen LogP contribution in [0.2, 0.25) is 0 Å². The molecular weight excluding hydrogens is 176 g/mol. The minimum atomic E-state index is 0.192. The molecule has 1 amide bonds. The van der Waals surface area contributed by atoms with Gasteiger partial charge in [0.15, 0.2) is 0 Å². The molecule has 0 bridgehead atoms. The monoisotopic (exact) mass is 196 g/mol. The fraction of sp³-hybridized carbons (Fsp3) is 0.909. The average molecular weight is 196 g/mol. The molecule has 0 aromatic carbocycles. The van der Waals surface area contributed by atoms with Crippen molar-refractivity contribution in [2.24, 2.45) is 17.6 Å². The number of rotatable bonds is 3. The van der Waals surface area contributed by atoms with E-state index in [4.69, 9.17) is 5.73 Å². The number of nitrogens with one attached hydrogen (secondary N) is 1. The molecular formula is C11H20N2O. The summed E-state index contributed by atoms with van der Waals surface area (Å²) in [5.74, 6) is 1.21. The second-order valence-electron chi connectivity index (χ2n) is 4.81. The van der Waals surface area contributed by atoms with E-state index < -0.39 is 0 Å². The summed E-state index contributed by atoms with van der Waals surface area (Å²) in [7, 11) is 0. The Labute approximate surface area is 85.4 Å². The van der Waals surface area contributed by atoms with Gasteiger partial charge in [0, 0.05) is 18.5 Å². The number of hydrogen-bond acceptors (Lipinski definition) is 2. The van der Waals surface area contributed by atoms with Crippen molar-refractivity contribution >= 4 is 5.91 Å². The Morgan fingerprint density at radius 3 is 2.71 bits per heavy atom. The summed E-state index contributed by atoms with van der Waals surface area (Å²) in [4.78, 5) is 11.7. The molecule has 2 fully saturated rings. The van der Waals surface area contributed by atoms with Crippen LogP contribution in [0.15, 0.2) is 0 Å². The summed E-state index contributed by atoms with van der Waals surface area (Å²) in [5, 5.41) is 3.04. The first-order valence-electron chi connectivity index (χ1n) is 5.79. The third kappa shape index (κ3) is 2.71. The Bertz CT molecular complexity index is 213. The van der Waals surface area contributed by atoms with Gasteiger partial charge in [0.05, 0.1) is 0 Å². The summed E-state index contributed by atoms with van der Waals surface area (Å²) in [5.41, 5.74) is 5.85. The summed E-state index contributed by atoms with van der Waals surface area (Å²) in [6.45, 7) is 0.893. The lowest BCUT2D eigenvalue weighted by molar-refractivity contribution is -0.126. The molecule has 2 rings (SSSR count). The number of hydrogen-bond donors (Lipinski definition) is 2. The Morgan fingerprint density at radius 2 is 2.07 bits per heavy atom. The van der Waals surface area contributed by atoms with E-state index in [0.717, 1.165) is 38.1 Å². The molecule has 80 valence electrons. The van der Waals surface area contributed by atoms with Gasteiger partial charge in [-0.15, -0.1) is 0 Å². The second-order valence-corrected chi connectivity index (χ2v) is 4.81. The topological polar surface area (TPSA) is 55.1 Å². The molecule has 3 heteroatoms. The molecule has 0 radical (unpaired) electrons. The zero-order valence-corrected chi connectivity index (χ0v) is 8.67. The molecule has 3 nitrogen and oxygen atoms in total. The molecule has 0 aliphatic heterocycles. The van der Waals surface area contributed by atoms with Crippen LogP contribution in [0.3, 0.4) is 0 Å². The van der Waals surface area contributed by atoms with Gasteiger partial charge >= 0.3 is 0 Å². The van der Waals surface area contributed by atoms with Gasteiger partial charge in [0.1, 0.15) is 0 Å². The van der Waals surface area contributed by atoms with E-state index in [1.165, 1.54) is 12.8 Å². The highest BCUT2D eigenvalue weighted by molar-refractivity contribution is 5.78. The first kappa shape index (κ1) is 9.97. The van der Waals surface area contributed by atoms with E-state index in [1.807, 2.05) is 0 Å². The number of nitrogens with two attached hydrogens (primary N) is 1. The molecule has 0 spiro atoms. The van der Waals surface area contributed by atoms with Gasteiger partial charge in [-0.3, -0.25) is 4.79 Å². The van der Waals surface area contributed by atoms with Crippen molar-refractivity contribution in [3.63, 3.8) is 0 Å². The van der Waals surface area contributed by atoms with Crippen molar-refractivity contribution in [2.75, 3.05) is 6.54 Å². The fourth-order valence-electron chi connectivity index (χ4n) is 2.18. The first-order chi connectivity index (χ1) is 6.75. The first-order valence-corrected chi connectivity index (χ1v) is 5.79. The van der Waals surface area contributed by atoms with Crippen LogP contribution in [0.4, 0.5) is 0 Å². The van der Waals surface area contributed by atoms with Gasteiger partial charge in [-0.2, -0.15) is 0 Å². The van der Waals surface area contributed by atoms with Crippen LogP contribution in [0, 0.1) is 11.8 Å². The molecule has 0 aromatic rings. The molecule has 0 heterocycles. The maximum absolute atomic E-state index is 11.7. The maximum atomic E-state index is 11.7. The highest BCUT2D eigenvalue weighted by atomic mass is 16.1. The fourth-order valence-corrected chi connectivity index (χ4v) is 2.18. The average Bonchev–Trinajstić information content (AvgIpc) is 2.97. The highest BCUT2D eigenvalue weighted by Crippen LogP contribution is 2.28. The Morgan fingerprint density at radius 1 is 1.29 bits per heavy atom. The third-order valence-corrected chi connectivity index (χ3v) is 3.35. The number of carbonyl (C=O) groups excluding carboxylic acids is 1. The summed E-state index contributed by atoms with van der Waals surface area (Å²) >= 11 is 0. The second kappa shape index (κ2) is 4.30. The zero-order chi connectivity index (χ0) is 9.97. The SMILES string of the molecule is NC1CCCC(C(=O)NCC2CC2)C1. The molecule has 2 aliphatic rings. The van der Waals surface area contributed by atoms with Crippen LogP contribution >= 0.6 is 0 Å². The molecule has 2 aliphatic carbocycles. The Hall–Kier alpha value is -0.570. The normalized spacial score (nSPS) is 32.6.